The third-order valence-corrected chi connectivity index (χ3v) is 3.18. The molecule has 0 aromatic heterocycles. The normalized spacial score (nSPS) is 28.7. The van der Waals surface area contributed by atoms with Gasteiger partial charge in [-0.15, -0.1) is 0 Å². The monoisotopic (exact) mass is 196 g/mol. The van der Waals surface area contributed by atoms with E-state index in [0.29, 0.717) is 11.8 Å². The van der Waals surface area contributed by atoms with Crippen LogP contribution >= 0.6 is 0 Å². The van der Waals surface area contributed by atoms with Crippen LogP contribution in [0.1, 0.15) is 46.5 Å². The van der Waals surface area contributed by atoms with Gasteiger partial charge in [0, 0.05) is 12.5 Å². The minimum Gasteiger partial charge on any atom is -0.387 e. The quantitative estimate of drug-likeness (QED) is 0.545. The Hall–Kier alpha value is -0.530. The van der Waals surface area contributed by atoms with E-state index in [-0.39, 0.29) is 0 Å². The van der Waals surface area contributed by atoms with Crippen LogP contribution in [0.25, 0.3) is 0 Å². The van der Waals surface area contributed by atoms with Gasteiger partial charge in [0.1, 0.15) is 0 Å². The highest BCUT2D eigenvalue weighted by atomic mass is 14.9. The largest absolute Gasteiger partial charge is 0.387 e. The summed E-state index contributed by atoms with van der Waals surface area (Å²) in [4.78, 5) is 4.47. The Morgan fingerprint density at radius 1 is 1.43 bits per heavy atom. The number of amidine groups is 1. The summed E-state index contributed by atoms with van der Waals surface area (Å²) in [5.41, 5.74) is 5.99. The molecule has 0 radical (unpaired) electrons. The number of nitrogens with two attached hydrogens (primary N) is 1. The maximum Gasteiger partial charge on any atom is 0.0968 e. The van der Waals surface area contributed by atoms with Crippen molar-refractivity contribution in [2.45, 2.75) is 46.5 Å². The molecule has 14 heavy (non-hydrogen) atoms. The van der Waals surface area contributed by atoms with Crippen molar-refractivity contribution in [3.05, 3.63) is 0 Å². The molecule has 2 nitrogen and oxygen atoms in total. The summed E-state index contributed by atoms with van der Waals surface area (Å²) in [7, 11) is 0. The fraction of sp³-hybridized carbons (Fsp3) is 0.917. The molecular formula is C12H24N2. The first-order valence-electron chi connectivity index (χ1n) is 5.93. The second-order valence-electron chi connectivity index (χ2n) is 4.94. The van der Waals surface area contributed by atoms with Gasteiger partial charge in [-0.25, -0.2) is 0 Å². The van der Waals surface area contributed by atoms with Crippen LogP contribution in [0, 0.1) is 17.8 Å². The average Bonchev–Trinajstić information content (AvgIpc) is 2.62. The zero-order chi connectivity index (χ0) is 10.6. The maximum atomic E-state index is 5.99. The highest BCUT2D eigenvalue weighted by Gasteiger charge is 2.25. The van der Waals surface area contributed by atoms with Gasteiger partial charge >= 0.3 is 0 Å². The zero-order valence-corrected chi connectivity index (χ0v) is 9.79. The Morgan fingerprint density at radius 3 is 2.64 bits per heavy atom. The summed E-state index contributed by atoms with van der Waals surface area (Å²) in [5, 5.41) is 0. The Labute approximate surface area is 88.0 Å². The summed E-state index contributed by atoms with van der Waals surface area (Å²) in [6.45, 7) is 7.52. The van der Waals surface area contributed by atoms with E-state index in [1.54, 1.807) is 0 Å². The van der Waals surface area contributed by atoms with Crippen LogP contribution in [0.15, 0.2) is 4.99 Å². The van der Waals surface area contributed by atoms with Crippen molar-refractivity contribution in [3.63, 3.8) is 0 Å². The van der Waals surface area contributed by atoms with Crippen molar-refractivity contribution in [3.8, 4) is 0 Å². The number of aliphatic imine (C=N–C) groups is 1. The molecule has 0 spiro atoms. The lowest BCUT2D eigenvalue weighted by Gasteiger charge is -2.10. The van der Waals surface area contributed by atoms with E-state index in [4.69, 9.17) is 5.73 Å². The molecule has 2 N–H and O–H groups in total. The van der Waals surface area contributed by atoms with Crippen LogP contribution in [0.5, 0.6) is 0 Å². The van der Waals surface area contributed by atoms with Gasteiger partial charge in [-0.05, 0) is 31.1 Å². The lowest BCUT2D eigenvalue weighted by atomic mass is 10.0. The molecule has 0 amide bonds. The third-order valence-electron chi connectivity index (χ3n) is 3.18. The predicted molar refractivity (Wildman–Crippen MR) is 62.4 cm³/mol. The smallest absolute Gasteiger partial charge is 0.0968 e. The first-order valence-corrected chi connectivity index (χ1v) is 5.93. The summed E-state index contributed by atoms with van der Waals surface area (Å²) in [6, 6.07) is 0. The maximum absolute atomic E-state index is 5.99. The summed E-state index contributed by atoms with van der Waals surface area (Å²) >= 11 is 0. The fourth-order valence-electron chi connectivity index (χ4n) is 2.13. The van der Waals surface area contributed by atoms with Crippen molar-refractivity contribution < 1.29 is 0 Å². The average molecular weight is 196 g/mol. The van der Waals surface area contributed by atoms with Gasteiger partial charge in [0.2, 0.25) is 0 Å². The number of nitrogens with zero attached hydrogens (tertiary/aromatic N) is 1. The molecule has 1 aliphatic rings. The molecule has 1 aliphatic carbocycles. The van der Waals surface area contributed by atoms with E-state index in [1.807, 2.05) is 0 Å². The van der Waals surface area contributed by atoms with E-state index in [9.17, 15) is 0 Å². The van der Waals surface area contributed by atoms with Crippen LogP contribution in [-0.4, -0.2) is 12.4 Å². The van der Waals surface area contributed by atoms with Crippen LogP contribution in [0.3, 0.4) is 0 Å². The van der Waals surface area contributed by atoms with Gasteiger partial charge in [0.25, 0.3) is 0 Å². The van der Waals surface area contributed by atoms with E-state index in [0.717, 1.165) is 18.3 Å². The molecule has 1 fully saturated rings. The van der Waals surface area contributed by atoms with Gasteiger partial charge in [-0.1, -0.05) is 27.2 Å². The number of rotatable bonds is 4. The van der Waals surface area contributed by atoms with Crippen molar-refractivity contribution >= 4 is 5.84 Å². The Balaban J connectivity index is 2.38. The molecule has 0 aromatic rings. The van der Waals surface area contributed by atoms with Gasteiger partial charge in [0.05, 0.1) is 5.84 Å². The molecule has 0 bridgehead atoms. The molecule has 1 rings (SSSR count). The highest BCUT2D eigenvalue weighted by molar-refractivity contribution is 5.83. The molecular weight excluding hydrogens is 172 g/mol. The predicted octanol–water partition coefficient (Wildman–Crippen LogP) is 2.83. The second-order valence-corrected chi connectivity index (χ2v) is 4.94. The minimum atomic E-state index is 0.582. The first-order chi connectivity index (χ1) is 6.63. The second kappa shape index (κ2) is 5.38. The van der Waals surface area contributed by atoms with Crippen molar-refractivity contribution in [1.82, 2.24) is 0 Å². The van der Waals surface area contributed by atoms with Gasteiger partial charge in [0.15, 0.2) is 0 Å². The van der Waals surface area contributed by atoms with E-state index in [1.165, 1.54) is 25.7 Å². The van der Waals surface area contributed by atoms with Gasteiger partial charge in [-0.3, -0.25) is 4.99 Å². The Bertz CT molecular complexity index is 196. The van der Waals surface area contributed by atoms with E-state index >= 15 is 0 Å². The summed E-state index contributed by atoms with van der Waals surface area (Å²) < 4.78 is 0. The minimum absolute atomic E-state index is 0.582. The fourth-order valence-corrected chi connectivity index (χ4v) is 2.13. The van der Waals surface area contributed by atoms with Crippen molar-refractivity contribution in [2.24, 2.45) is 28.5 Å². The Kier molecular flexibility index (Phi) is 4.43. The summed E-state index contributed by atoms with van der Waals surface area (Å²) in [5.74, 6) is 3.01. The molecule has 2 unspecified atom stereocenters. The van der Waals surface area contributed by atoms with Gasteiger partial charge in [-0.2, -0.15) is 0 Å². The molecule has 0 aromatic carbocycles. The molecule has 1 saturated carbocycles. The lowest BCUT2D eigenvalue weighted by Crippen LogP contribution is -2.22. The van der Waals surface area contributed by atoms with Gasteiger partial charge < -0.3 is 5.73 Å². The molecule has 0 heterocycles. The van der Waals surface area contributed by atoms with Crippen LogP contribution in [0.2, 0.25) is 0 Å². The summed E-state index contributed by atoms with van der Waals surface area (Å²) in [6.07, 6.45) is 5.17. The molecule has 0 saturated heterocycles. The molecule has 2 heteroatoms. The SMILES string of the molecule is CCC1CCC(C(N)=NCC(C)C)C1. The highest BCUT2D eigenvalue weighted by Crippen LogP contribution is 2.32. The standard InChI is InChI=1S/C12H24N2/c1-4-10-5-6-11(7-10)12(13)14-8-9(2)3/h9-11H,4-8H2,1-3H3,(H2,13,14). The number of hydrogen-bond donors (Lipinski definition) is 1. The van der Waals surface area contributed by atoms with Crippen LogP contribution < -0.4 is 5.73 Å². The van der Waals surface area contributed by atoms with Crippen molar-refractivity contribution in [1.29, 1.82) is 0 Å². The third kappa shape index (κ3) is 3.32. The molecule has 2 atom stereocenters. The van der Waals surface area contributed by atoms with Crippen LogP contribution in [-0.2, 0) is 0 Å². The van der Waals surface area contributed by atoms with E-state index in [2.05, 4.69) is 25.8 Å². The molecule has 82 valence electrons. The Morgan fingerprint density at radius 2 is 2.14 bits per heavy atom. The zero-order valence-electron chi connectivity index (χ0n) is 9.79. The van der Waals surface area contributed by atoms with Crippen LogP contribution in [0.4, 0.5) is 0 Å². The van der Waals surface area contributed by atoms with Crippen molar-refractivity contribution in [2.75, 3.05) is 6.54 Å². The first kappa shape index (κ1) is 11.5. The van der Waals surface area contributed by atoms with E-state index < -0.39 is 0 Å². The topological polar surface area (TPSA) is 38.4 Å². The molecule has 0 aliphatic heterocycles. The lowest BCUT2D eigenvalue weighted by molar-refractivity contribution is 0.519. The number of hydrogen-bond acceptors (Lipinski definition) is 1.